The molecule has 4 aromatic heterocycles. The molecular weight excluding hydrogens is 651 g/mol. The molecule has 0 amide bonds. The first-order chi connectivity index (χ1) is 23.4. The van der Waals surface area contributed by atoms with E-state index in [2.05, 4.69) is 67.5 Å². The average Bonchev–Trinajstić information content (AvgIpc) is 3.71. The van der Waals surface area contributed by atoms with Crippen molar-refractivity contribution in [1.82, 2.24) is 29.4 Å². The Labute approximate surface area is 291 Å². The molecule has 0 aliphatic heterocycles. The predicted molar refractivity (Wildman–Crippen MR) is 200 cm³/mol. The topological polar surface area (TPSA) is 109 Å². The Balaban J connectivity index is 1.53. The number of carbonyl (C=O) groups excluding carboxylic acids is 1. The van der Waals surface area contributed by atoms with Crippen molar-refractivity contribution in [2.75, 3.05) is 38.2 Å². The van der Waals surface area contributed by atoms with E-state index in [4.69, 9.17) is 29.3 Å². The van der Waals surface area contributed by atoms with Crippen LogP contribution in [0.25, 0.3) is 39.3 Å². The van der Waals surface area contributed by atoms with Crippen LogP contribution in [-0.2, 0) is 25.5 Å². The summed E-state index contributed by atoms with van der Waals surface area (Å²) in [4.78, 5) is 23.3. The highest BCUT2D eigenvalue weighted by molar-refractivity contribution is 6.76. The van der Waals surface area contributed by atoms with Crippen LogP contribution >= 0.6 is 0 Å². The summed E-state index contributed by atoms with van der Waals surface area (Å²) in [5.41, 5.74) is 5.96. The highest BCUT2D eigenvalue weighted by Crippen LogP contribution is 2.31. The molecule has 260 valence electrons. The van der Waals surface area contributed by atoms with E-state index < -0.39 is 16.1 Å². The number of nitrogens with zero attached hydrogens (tertiary/aromatic N) is 7. The molecule has 0 unspecified atom stereocenters. The van der Waals surface area contributed by atoms with Crippen LogP contribution in [0.1, 0.15) is 6.92 Å². The van der Waals surface area contributed by atoms with Gasteiger partial charge in [-0.25, -0.2) is 4.98 Å². The van der Waals surface area contributed by atoms with Crippen LogP contribution in [0.2, 0.25) is 51.4 Å². The van der Waals surface area contributed by atoms with Gasteiger partial charge in [0.05, 0.1) is 30.3 Å². The lowest BCUT2D eigenvalue weighted by molar-refractivity contribution is -0.141. The first-order valence-corrected chi connectivity index (χ1v) is 24.2. The third-order valence-electron chi connectivity index (χ3n) is 7.96. The minimum Gasteiger partial charge on any atom is -0.464 e. The summed E-state index contributed by atoms with van der Waals surface area (Å²) in [6, 6.07) is 18.4. The van der Waals surface area contributed by atoms with Gasteiger partial charge in [-0.05, 0) is 18.2 Å². The second-order valence-corrected chi connectivity index (χ2v) is 25.9. The van der Waals surface area contributed by atoms with Gasteiger partial charge in [-0.1, -0.05) is 75.7 Å². The van der Waals surface area contributed by atoms with Crippen molar-refractivity contribution < 1.29 is 19.0 Å². The fourth-order valence-corrected chi connectivity index (χ4v) is 6.55. The highest BCUT2D eigenvalue weighted by Gasteiger charge is 2.21. The van der Waals surface area contributed by atoms with Gasteiger partial charge in [0.25, 0.3) is 0 Å². The van der Waals surface area contributed by atoms with Gasteiger partial charge in [0.1, 0.15) is 25.9 Å². The molecule has 0 fully saturated rings. The summed E-state index contributed by atoms with van der Waals surface area (Å²) >= 11 is 0. The number of aromatic nitrogens is 6. The number of esters is 1. The van der Waals surface area contributed by atoms with Crippen molar-refractivity contribution in [3.63, 3.8) is 0 Å². The fourth-order valence-electron chi connectivity index (χ4n) is 5.03. The molecule has 1 aromatic carbocycles. The van der Waals surface area contributed by atoms with Crippen LogP contribution in [0.15, 0.2) is 73.3 Å². The maximum absolute atomic E-state index is 11.3. The van der Waals surface area contributed by atoms with Crippen molar-refractivity contribution in [1.29, 1.82) is 0 Å². The van der Waals surface area contributed by atoms with Crippen LogP contribution in [0.5, 0.6) is 0 Å². The molecule has 0 N–H and O–H groups in total. The monoisotopic (exact) mass is 699 g/mol. The Morgan fingerprint density at radius 2 is 1.47 bits per heavy atom. The second kappa shape index (κ2) is 16.0. The zero-order valence-electron chi connectivity index (χ0n) is 29.8. The maximum Gasteiger partial charge on any atom is 0.302 e. The van der Waals surface area contributed by atoms with Crippen molar-refractivity contribution in [2.24, 2.45) is 0 Å². The van der Waals surface area contributed by atoms with Gasteiger partial charge in [-0.2, -0.15) is 14.7 Å². The zero-order chi connectivity index (χ0) is 35.0. The van der Waals surface area contributed by atoms with Crippen LogP contribution in [0.3, 0.4) is 0 Å². The molecule has 49 heavy (non-hydrogen) atoms. The minimum atomic E-state index is -1.27. The van der Waals surface area contributed by atoms with E-state index in [1.54, 1.807) is 10.9 Å². The number of carbonyl (C=O) groups is 1. The number of anilines is 1. The normalized spacial score (nSPS) is 12.1. The molecule has 5 aromatic rings. The van der Waals surface area contributed by atoms with Crippen molar-refractivity contribution in [2.45, 2.75) is 64.8 Å². The van der Waals surface area contributed by atoms with Crippen LogP contribution in [0.4, 0.5) is 5.82 Å². The number of ether oxygens (including phenoxy) is 3. The Kier molecular flexibility index (Phi) is 11.8. The lowest BCUT2D eigenvalue weighted by Crippen LogP contribution is -2.33. The molecule has 0 spiro atoms. The van der Waals surface area contributed by atoms with Gasteiger partial charge in [0.2, 0.25) is 0 Å². The second-order valence-electron chi connectivity index (χ2n) is 14.7. The SMILES string of the molecule is CC(=O)OCCn1cc(-c2cc(N(COCC[Si](C)(C)C)COCC[Si](C)(C)C)n3ncc(-c4ccc(-c5ccccc5)nc4)c3n2)cn1. The summed E-state index contributed by atoms with van der Waals surface area (Å²) in [5.74, 6) is 0.483. The van der Waals surface area contributed by atoms with E-state index in [0.717, 1.165) is 51.5 Å². The standard InChI is InChI=1S/C36H49N7O4Si2/c1-28(44)47-16-15-42-25-31(23-38-42)34-21-35(41(26-45-17-19-48(2,3)4)27-46-18-20-49(5,6)7)43-36(40-34)32(24-39-43)30-13-14-33(37-22-30)29-11-9-8-10-12-29/h8-14,21-25H,15-20,26-27H2,1-7H3. The van der Waals surface area contributed by atoms with E-state index in [0.29, 0.717) is 38.9 Å². The lowest BCUT2D eigenvalue weighted by atomic mass is 10.1. The summed E-state index contributed by atoms with van der Waals surface area (Å²) in [5, 5.41) is 9.36. The number of rotatable bonds is 17. The van der Waals surface area contributed by atoms with Gasteiger partial charge in [-0.3, -0.25) is 14.5 Å². The number of fused-ring (bicyclic) bond motifs is 1. The van der Waals surface area contributed by atoms with Crippen LogP contribution < -0.4 is 4.90 Å². The van der Waals surface area contributed by atoms with Crippen LogP contribution in [-0.4, -0.2) is 84.8 Å². The first kappa shape index (κ1) is 36.1. The Morgan fingerprint density at radius 1 is 0.776 bits per heavy atom. The smallest absolute Gasteiger partial charge is 0.302 e. The summed E-state index contributed by atoms with van der Waals surface area (Å²) in [6.07, 6.45) is 7.41. The largest absolute Gasteiger partial charge is 0.464 e. The average molecular weight is 700 g/mol. The van der Waals surface area contributed by atoms with Crippen molar-refractivity contribution in [3.8, 4) is 33.6 Å². The molecule has 5 rings (SSSR count). The third-order valence-corrected chi connectivity index (χ3v) is 11.4. The molecule has 0 saturated carbocycles. The van der Waals surface area contributed by atoms with Gasteiger partial charge >= 0.3 is 5.97 Å². The summed E-state index contributed by atoms with van der Waals surface area (Å²) < 4.78 is 21.3. The molecule has 0 aliphatic carbocycles. The number of hydrogen-bond acceptors (Lipinski definition) is 9. The van der Waals surface area contributed by atoms with Crippen LogP contribution in [0, 0.1) is 0 Å². The summed E-state index contributed by atoms with van der Waals surface area (Å²) in [7, 11) is -2.54. The Hall–Kier alpha value is -4.18. The van der Waals surface area contributed by atoms with Gasteiger partial charge in [0, 0.05) is 77.0 Å². The molecule has 0 bridgehead atoms. The van der Waals surface area contributed by atoms with Crippen molar-refractivity contribution in [3.05, 3.63) is 73.3 Å². The Bertz CT molecular complexity index is 1790. The van der Waals surface area contributed by atoms with E-state index in [1.807, 2.05) is 53.4 Å². The number of benzene rings is 1. The third kappa shape index (κ3) is 10.4. The molecule has 0 aliphatic rings. The molecule has 11 nitrogen and oxygen atoms in total. The van der Waals surface area contributed by atoms with E-state index in [1.165, 1.54) is 6.92 Å². The zero-order valence-corrected chi connectivity index (χ0v) is 31.8. The lowest BCUT2D eigenvalue weighted by Gasteiger charge is -2.26. The van der Waals surface area contributed by atoms with E-state index in [9.17, 15) is 4.79 Å². The number of pyridine rings is 1. The molecule has 0 atom stereocenters. The molecular formula is C36H49N7O4Si2. The van der Waals surface area contributed by atoms with Gasteiger partial charge in [0.15, 0.2) is 5.65 Å². The maximum atomic E-state index is 11.3. The predicted octanol–water partition coefficient (Wildman–Crippen LogP) is 7.32. The minimum absolute atomic E-state index is 0.240. The molecule has 4 heterocycles. The number of hydrogen-bond donors (Lipinski definition) is 0. The molecule has 0 radical (unpaired) electrons. The van der Waals surface area contributed by atoms with Gasteiger partial charge in [-0.15, -0.1) is 0 Å². The molecule has 0 saturated heterocycles. The quantitative estimate of drug-likeness (QED) is 0.0427. The Morgan fingerprint density at radius 3 is 2.08 bits per heavy atom. The van der Waals surface area contributed by atoms with Crippen molar-refractivity contribution >= 4 is 33.6 Å². The van der Waals surface area contributed by atoms with Gasteiger partial charge < -0.3 is 19.1 Å². The highest BCUT2D eigenvalue weighted by atomic mass is 28.3. The first-order valence-electron chi connectivity index (χ1n) is 16.8. The fraction of sp³-hybridized carbons (Fsp3) is 0.417. The van der Waals surface area contributed by atoms with E-state index in [-0.39, 0.29) is 12.6 Å². The van der Waals surface area contributed by atoms with E-state index >= 15 is 0 Å². The summed E-state index contributed by atoms with van der Waals surface area (Å²) in [6.45, 7) is 18.3. The molecule has 13 heteroatoms.